The average molecular weight is 659 g/mol. The molecule has 0 unspecified atom stereocenters. The molecule has 0 heterocycles. The number of hydrogen-bond acceptors (Lipinski definition) is 0. The van der Waals surface area contributed by atoms with Crippen LogP contribution in [0.2, 0.25) is 0 Å². The van der Waals surface area contributed by atoms with E-state index in [1.807, 2.05) is 0 Å². The number of rotatable bonds is 6. The van der Waals surface area contributed by atoms with Crippen LogP contribution < -0.4 is 15.9 Å². The van der Waals surface area contributed by atoms with E-state index >= 15 is 0 Å². The first kappa shape index (κ1) is 34.0. The van der Waals surface area contributed by atoms with Crippen LogP contribution in [0, 0.1) is 6.92 Å². The van der Waals surface area contributed by atoms with Crippen molar-refractivity contribution in [2.24, 2.45) is 0 Å². The standard InChI is InChI=1S/C21H16P.C14H14.C10H9.Ti/c1-3-11-19(12-4-1)22(20-13-5-2-6-14-20)21-15-17-9-7-8-10-18(17)16-21;1-3-7-13(8-4-1)11-12-14-9-5-2-6-10-14;1-8-6-9-4-2-3-5-10(9)7-8;/h1-16H;1-10H,11-12H2;2-7H,1H3;/q-1;;-1;+2. The second-order valence-electron chi connectivity index (χ2n) is 11.5. The minimum absolute atomic E-state index is 0. The van der Waals surface area contributed by atoms with Crippen LogP contribution in [-0.4, -0.2) is 0 Å². The van der Waals surface area contributed by atoms with Crippen molar-refractivity contribution in [3.05, 3.63) is 211 Å². The Kier molecular flexibility index (Phi) is 12.7. The van der Waals surface area contributed by atoms with E-state index in [4.69, 9.17) is 0 Å². The van der Waals surface area contributed by atoms with E-state index in [0.29, 0.717) is 0 Å². The van der Waals surface area contributed by atoms with Gasteiger partial charge in [-0.05, 0) is 42.5 Å². The SMILES string of the molecule is Cc1cc2ccccc2[cH-]1.[Ti+2].c1ccc(CCc2ccccc2)cc1.c1ccc(P(c2ccccc2)c2cc3ccccc3[cH-]2)cc1. The van der Waals surface area contributed by atoms with Crippen molar-refractivity contribution in [2.75, 3.05) is 0 Å². The van der Waals surface area contributed by atoms with E-state index < -0.39 is 7.92 Å². The molecule has 0 aliphatic carbocycles. The summed E-state index contributed by atoms with van der Waals surface area (Å²) in [6.07, 6.45) is 2.26. The van der Waals surface area contributed by atoms with Gasteiger partial charge in [-0.25, -0.2) is 0 Å². The first-order valence-corrected chi connectivity index (χ1v) is 17.3. The third kappa shape index (κ3) is 9.60. The van der Waals surface area contributed by atoms with Gasteiger partial charge in [-0.15, -0.1) is 80.9 Å². The van der Waals surface area contributed by atoms with E-state index in [1.54, 1.807) is 0 Å². The Morgan fingerprint density at radius 1 is 0.426 bits per heavy atom. The minimum atomic E-state index is -0.493. The average Bonchev–Trinajstić information content (AvgIpc) is 3.72. The first-order valence-electron chi connectivity index (χ1n) is 16.0. The fourth-order valence-electron chi connectivity index (χ4n) is 5.75. The van der Waals surface area contributed by atoms with Crippen LogP contribution in [-0.2, 0) is 34.6 Å². The number of hydrogen-bond donors (Lipinski definition) is 0. The van der Waals surface area contributed by atoms with E-state index in [9.17, 15) is 0 Å². The normalized spacial score (nSPS) is 10.4. The van der Waals surface area contributed by atoms with Crippen molar-refractivity contribution in [3.8, 4) is 0 Å². The molecule has 8 aromatic carbocycles. The predicted octanol–water partition coefficient (Wildman–Crippen LogP) is 10.7. The van der Waals surface area contributed by atoms with Crippen molar-refractivity contribution >= 4 is 45.4 Å². The second kappa shape index (κ2) is 17.6. The number of aryl methyl sites for hydroxylation is 3. The van der Waals surface area contributed by atoms with Crippen LogP contribution in [0.4, 0.5) is 0 Å². The third-order valence-electron chi connectivity index (χ3n) is 8.04. The largest absolute Gasteiger partial charge is 2.00 e. The summed E-state index contributed by atoms with van der Waals surface area (Å²) in [5.74, 6) is 0. The maximum atomic E-state index is 2.35. The van der Waals surface area contributed by atoms with Gasteiger partial charge in [0.2, 0.25) is 0 Å². The zero-order valence-electron chi connectivity index (χ0n) is 26.8. The van der Waals surface area contributed by atoms with E-state index in [2.05, 4.69) is 201 Å². The van der Waals surface area contributed by atoms with Gasteiger partial charge >= 0.3 is 21.7 Å². The van der Waals surface area contributed by atoms with Crippen LogP contribution in [0.25, 0.3) is 21.5 Å². The van der Waals surface area contributed by atoms with Gasteiger partial charge in [0.1, 0.15) is 0 Å². The summed E-state index contributed by atoms with van der Waals surface area (Å²) in [7, 11) is -0.493. The molecule has 0 atom stereocenters. The monoisotopic (exact) mass is 658 g/mol. The summed E-state index contributed by atoms with van der Waals surface area (Å²) >= 11 is 0. The van der Waals surface area contributed by atoms with Crippen LogP contribution in [0.3, 0.4) is 0 Å². The third-order valence-corrected chi connectivity index (χ3v) is 10.4. The summed E-state index contributed by atoms with van der Waals surface area (Å²) in [6.45, 7) is 2.12. The molecule has 0 saturated heterocycles. The zero-order valence-corrected chi connectivity index (χ0v) is 29.3. The minimum Gasteiger partial charge on any atom is -0.165 e. The molecule has 0 bridgehead atoms. The zero-order chi connectivity index (χ0) is 31.4. The molecule has 0 spiro atoms. The van der Waals surface area contributed by atoms with Crippen LogP contribution in [0.1, 0.15) is 16.7 Å². The second-order valence-corrected chi connectivity index (χ2v) is 13.7. The molecular formula is C45H39PTi. The summed E-state index contributed by atoms with van der Waals surface area (Å²) in [6, 6.07) is 69.1. The number of fused-ring (bicyclic) bond motifs is 2. The van der Waals surface area contributed by atoms with Gasteiger partial charge in [-0.1, -0.05) is 140 Å². The molecule has 0 aliphatic rings. The van der Waals surface area contributed by atoms with Gasteiger partial charge in [0.05, 0.1) is 0 Å². The van der Waals surface area contributed by atoms with E-state index in [-0.39, 0.29) is 21.7 Å². The maximum Gasteiger partial charge on any atom is 2.00 e. The Morgan fingerprint density at radius 2 is 0.809 bits per heavy atom. The fourth-order valence-corrected chi connectivity index (χ4v) is 8.12. The molecule has 0 nitrogen and oxygen atoms in total. The van der Waals surface area contributed by atoms with Crippen LogP contribution >= 0.6 is 7.92 Å². The maximum absolute atomic E-state index is 2.35. The van der Waals surface area contributed by atoms with Crippen molar-refractivity contribution in [2.45, 2.75) is 19.8 Å². The quantitative estimate of drug-likeness (QED) is 0.0948. The molecule has 2 heteroatoms. The Bertz CT molecular complexity index is 1900. The molecule has 228 valence electrons. The van der Waals surface area contributed by atoms with Crippen molar-refractivity contribution < 1.29 is 21.7 Å². The van der Waals surface area contributed by atoms with Gasteiger partial charge in [-0.3, -0.25) is 0 Å². The van der Waals surface area contributed by atoms with Crippen LogP contribution in [0.15, 0.2) is 194 Å². The number of benzene rings is 6. The van der Waals surface area contributed by atoms with Gasteiger partial charge in [0, 0.05) is 0 Å². The molecule has 0 N–H and O–H groups in total. The fraction of sp³-hybridized carbons (Fsp3) is 0.0667. The predicted molar refractivity (Wildman–Crippen MR) is 203 cm³/mol. The molecule has 0 aliphatic heterocycles. The Hall–Kier alpha value is -4.32. The molecule has 0 amide bonds. The Morgan fingerprint density at radius 3 is 1.26 bits per heavy atom. The van der Waals surface area contributed by atoms with Crippen molar-refractivity contribution in [1.82, 2.24) is 0 Å². The van der Waals surface area contributed by atoms with Gasteiger partial charge in [0.15, 0.2) is 0 Å². The molecular weight excluding hydrogens is 619 g/mol. The molecule has 0 saturated carbocycles. The molecule has 47 heavy (non-hydrogen) atoms. The Balaban J connectivity index is 0.000000149. The van der Waals surface area contributed by atoms with E-state index in [0.717, 1.165) is 12.8 Å². The van der Waals surface area contributed by atoms with Gasteiger partial charge in [0.25, 0.3) is 0 Å². The summed E-state index contributed by atoms with van der Waals surface area (Å²) in [5, 5.41) is 9.58. The van der Waals surface area contributed by atoms with E-state index in [1.165, 1.54) is 54.1 Å². The van der Waals surface area contributed by atoms with Gasteiger partial charge < -0.3 is 0 Å². The smallest absolute Gasteiger partial charge is 0.165 e. The summed E-state index contributed by atoms with van der Waals surface area (Å²) < 4.78 is 0. The molecule has 0 aromatic heterocycles. The first-order chi connectivity index (χ1) is 22.7. The molecule has 0 fully saturated rings. The molecule has 0 radical (unpaired) electrons. The Labute approximate surface area is 296 Å². The summed E-state index contributed by atoms with van der Waals surface area (Å²) in [5.41, 5.74) is 4.17. The van der Waals surface area contributed by atoms with Crippen LogP contribution in [0.5, 0.6) is 0 Å². The summed E-state index contributed by atoms with van der Waals surface area (Å²) in [4.78, 5) is 0. The molecule has 8 aromatic rings. The van der Waals surface area contributed by atoms with Crippen molar-refractivity contribution in [3.63, 3.8) is 0 Å². The van der Waals surface area contributed by atoms with Crippen molar-refractivity contribution in [1.29, 1.82) is 0 Å². The topological polar surface area (TPSA) is 0 Å². The molecule has 8 rings (SSSR count). The van der Waals surface area contributed by atoms with Gasteiger partial charge in [-0.2, -0.15) is 12.1 Å².